The van der Waals surface area contributed by atoms with E-state index >= 15 is 0 Å². The highest BCUT2D eigenvalue weighted by Gasteiger charge is 2.40. The molecule has 0 aliphatic heterocycles. The van der Waals surface area contributed by atoms with Crippen molar-refractivity contribution in [3.63, 3.8) is 0 Å². The van der Waals surface area contributed by atoms with Crippen molar-refractivity contribution in [3.8, 4) is 0 Å². The molecule has 1 fully saturated rings. The van der Waals surface area contributed by atoms with Gasteiger partial charge in [-0.3, -0.25) is 0 Å². The number of aliphatic hydroxyl groups is 1. The Kier molecular flexibility index (Phi) is 4.12. The molecule has 0 heterocycles. The summed E-state index contributed by atoms with van der Waals surface area (Å²) in [7, 11) is 0. The van der Waals surface area contributed by atoms with E-state index in [1.54, 1.807) is 0 Å². The van der Waals surface area contributed by atoms with E-state index in [1.807, 2.05) is 6.07 Å². The highest BCUT2D eigenvalue weighted by atomic mass is 16.3. The predicted octanol–water partition coefficient (Wildman–Crippen LogP) is 4.79. The second-order valence-electron chi connectivity index (χ2n) is 6.18. The number of benzene rings is 2. The van der Waals surface area contributed by atoms with Crippen LogP contribution in [-0.4, -0.2) is 5.11 Å². The summed E-state index contributed by atoms with van der Waals surface area (Å²) in [5.74, 6) is 0.208. The van der Waals surface area contributed by atoms with Crippen LogP contribution in [0.2, 0.25) is 0 Å². The van der Waals surface area contributed by atoms with Crippen LogP contribution in [0.15, 0.2) is 54.6 Å². The molecular weight excluding hydrogens is 256 g/mol. The fraction of sp³-hybridized carbons (Fsp3) is 0.400. The summed E-state index contributed by atoms with van der Waals surface area (Å²) in [5, 5.41) is 11.4. The number of rotatable bonds is 3. The van der Waals surface area contributed by atoms with E-state index < -0.39 is 5.60 Å². The van der Waals surface area contributed by atoms with Crippen LogP contribution in [0.1, 0.15) is 55.2 Å². The van der Waals surface area contributed by atoms with Gasteiger partial charge in [0.2, 0.25) is 0 Å². The van der Waals surface area contributed by atoms with Gasteiger partial charge in [0, 0.05) is 5.92 Å². The molecular formula is C20H24O. The predicted molar refractivity (Wildman–Crippen MR) is 87.4 cm³/mol. The molecule has 1 aliphatic carbocycles. The van der Waals surface area contributed by atoms with E-state index in [1.165, 1.54) is 17.5 Å². The molecule has 0 aromatic heterocycles. The zero-order chi connectivity index (χ0) is 14.7. The highest BCUT2D eigenvalue weighted by molar-refractivity contribution is 5.34. The van der Waals surface area contributed by atoms with Crippen molar-refractivity contribution >= 4 is 0 Å². The minimum absolute atomic E-state index is 0.208. The van der Waals surface area contributed by atoms with Crippen LogP contribution >= 0.6 is 0 Å². The average molecular weight is 280 g/mol. The van der Waals surface area contributed by atoms with Gasteiger partial charge in [-0.05, 0) is 36.0 Å². The normalized spacial score (nSPS) is 25.7. The third-order valence-corrected chi connectivity index (χ3v) is 4.94. The minimum atomic E-state index is -0.716. The van der Waals surface area contributed by atoms with Gasteiger partial charge in [-0.25, -0.2) is 0 Å². The average Bonchev–Trinajstić information content (AvgIpc) is 2.56. The molecule has 2 aromatic rings. The molecule has 2 atom stereocenters. The molecule has 2 unspecified atom stereocenters. The molecule has 0 radical (unpaired) electrons. The Hall–Kier alpha value is -1.60. The van der Waals surface area contributed by atoms with Gasteiger partial charge in [0.05, 0.1) is 5.60 Å². The third-order valence-electron chi connectivity index (χ3n) is 4.94. The Balaban J connectivity index is 1.98. The summed E-state index contributed by atoms with van der Waals surface area (Å²) < 4.78 is 0. The molecule has 1 nitrogen and oxygen atoms in total. The molecule has 0 bridgehead atoms. The Morgan fingerprint density at radius 3 is 2.38 bits per heavy atom. The second-order valence-corrected chi connectivity index (χ2v) is 6.18. The highest BCUT2D eigenvalue weighted by Crippen LogP contribution is 2.47. The zero-order valence-electron chi connectivity index (χ0n) is 12.8. The molecule has 0 saturated heterocycles. The Labute approximate surface area is 127 Å². The molecule has 2 aromatic carbocycles. The number of hydrogen-bond acceptors (Lipinski definition) is 1. The van der Waals surface area contributed by atoms with Crippen LogP contribution < -0.4 is 0 Å². The second kappa shape index (κ2) is 6.03. The van der Waals surface area contributed by atoms with Crippen molar-refractivity contribution in [2.75, 3.05) is 0 Å². The van der Waals surface area contributed by atoms with Crippen LogP contribution in [0.25, 0.3) is 0 Å². The maximum atomic E-state index is 11.4. The maximum Gasteiger partial charge on any atom is 0.0964 e. The number of aryl methyl sites for hydroxylation is 1. The summed E-state index contributed by atoms with van der Waals surface area (Å²) in [5.41, 5.74) is 2.95. The summed E-state index contributed by atoms with van der Waals surface area (Å²) >= 11 is 0. The Bertz CT molecular complexity index is 573. The SMILES string of the molecule is CCc1ccc(C2(O)CCCCC2c2ccccc2)cc1. The molecule has 21 heavy (non-hydrogen) atoms. The van der Waals surface area contributed by atoms with E-state index in [0.29, 0.717) is 0 Å². The summed E-state index contributed by atoms with van der Waals surface area (Å²) in [6.45, 7) is 2.16. The van der Waals surface area contributed by atoms with E-state index in [0.717, 1.165) is 31.2 Å². The molecule has 1 heteroatoms. The van der Waals surface area contributed by atoms with Crippen molar-refractivity contribution in [2.45, 2.75) is 50.5 Å². The van der Waals surface area contributed by atoms with Gasteiger partial charge in [0.1, 0.15) is 0 Å². The topological polar surface area (TPSA) is 20.2 Å². The molecule has 3 rings (SSSR count). The Morgan fingerprint density at radius 1 is 1.00 bits per heavy atom. The van der Waals surface area contributed by atoms with Crippen LogP contribution in [0, 0.1) is 0 Å². The molecule has 1 N–H and O–H groups in total. The maximum absolute atomic E-state index is 11.4. The first-order chi connectivity index (χ1) is 10.2. The van der Waals surface area contributed by atoms with Crippen LogP contribution in [0.5, 0.6) is 0 Å². The lowest BCUT2D eigenvalue weighted by molar-refractivity contribution is -0.0224. The van der Waals surface area contributed by atoms with Gasteiger partial charge in [-0.15, -0.1) is 0 Å². The van der Waals surface area contributed by atoms with Gasteiger partial charge in [-0.2, -0.15) is 0 Å². The monoisotopic (exact) mass is 280 g/mol. The third kappa shape index (κ3) is 2.75. The van der Waals surface area contributed by atoms with Crippen LogP contribution in [0.3, 0.4) is 0 Å². The van der Waals surface area contributed by atoms with E-state index in [-0.39, 0.29) is 5.92 Å². The van der Waals surface area contributed by atoms with Crippen LogP contribution in [0.4, 0.5) is 0 Å². The van der Waals surface area contributed by atoms with Gasteiger partial charge in [-0.1, -0.05) is 74.4 Å². The quantitative estimate of drug-likeness (QED) is 0.856. The number of hydrogen-bond donors (Lipinski definition) is 1. The molecule has 0 spiro atoms. The Morgan fingerprint density at radius 2 is 1.71 bits per heavy atom. The standard InChI is InChI=1S/C20H24O/c1-2-16-11-13-18(14-12-16)20(21)15-7-6-10-19(20)17-8-4-3-5-9-17/h3-5,8-9,11-14,19,21H,2,6-7,10,15H2,1H3. The first-order valence-electron chi connectivity index (χ1n) is 8.11. The van der Waals surface area contributed by atoms with E-state index in [9.17, 15) is 5.11 Å². The van der Waals surface area contributed by atoms with Crippen molar-refractivity contribution in [1.82, 2.24) is 0 Å². The van der Waals surface area contributed by atoms with Gasteiger partial charge >= 0.3 is 0 Å². The first kappa shape index (κ1) is 14.3. The zero-order valence-corrected chi connectivity index (χ0v) is 12.8. The molecule has 110 valence electrons. The van der Waals surface area contributed by atoms with Crippen molar-refractivity contribution in [3.05, 3.63) is 71.3 Å². The fourth-order valence-corrected chi connectivity index (χ4v) is 3.66. The van der Waals surface area contributed by atoms with Crippen molar-refractivity contribution < 1.29 is 5.11 Å². The largest absolute Gasteiger partial charge is 0.385 e. The summed E-state index contributed by atoms with van der Waals surface area (Å²) in [6, 6.07) is 19.1. The van der Waals surface area contributed by atoms with E-state index in [2.05, 4.69) is 55.5 Å². The molecule has 1 aliphatic rings. The van der Waals surface area contributed by atoms with Crippen LogP contribution in [-0.2, 0) is 12.0 Å². The van der Waals surface area contributed by atoms with Crippen molar-refractivity contribution in [1.29, 1.82) is 0 Å². The lowest BCUT2D eigenvalue weighted by Gasteiger charge is -2.41. The minimum Gasteiger partial charge on any atom is -0.385 e. The molecule has 1 saturated carbocycles. The summed E-state index contributed by atoms with van der Waals surface area (Å²) in [4.78, 5) is 0. The van der Waals surface area contributed by atoms with Crippen molar-refractivity contribution in [2.24, 2.45) is 0 Å². The summed E-state index contributed by atoms with van der Waals surface area (Å²) in [6.07, 6.45) is 5.28. The fourth-order valence-electron chi connectivity index (χ4n) is 3.66. The van der Waals surface area contributed by atoms with Gasteiger partial charge < -0.3 is 5.11 Å². The lowest BCUT2D eigenvalue weighted by Crippen LogP contribution is -2.36. The smallest absolute Gasteiger partial charge is 0.0964 e. The lowest BCUT2D eigenvalue weighted by atomic mass is 9.68. The van der Waals surface area contributed by atoms with Gasteiger partial charge in [0.25, 0.3) is 0 Å². The molecule has 0 amide bonds. The van der Waals surface area contributed by atoms with E-state index in [4.69, 9.17) is 0 Å². The van der Waals surface area contributed by atoms with Gasteiger partial charge in [0.15, 0.2) is 0 Å². The first-order valence-corrected chi connectivity index (χ1v) is 8.11.